The molecule has 9 heteroatoms. The van der Waals surface area contributed by atoms with Gasteiger partial charge in [-0.15, -0.1) is 0 Å². The molecule has 7 nitrogen and oxygen atoms in total. The highest BCUT2D eigenvalue weighted by Gasteiger charge is 2.31. The van der Waals surface area contributed by atoms with Gasteiger partial charge in [0.15, 0.2) is 7.37 Å². The van der Waals surface area contributed by atoms with E-state index >= 15 is 0 Å². The Bertz CT molecular complexity index is 293. The average molecular weight is 346 g/mol. The summed E-state index contributed by atoms with van der Waals surface area (Å²) in [6.45, 7) is 10.2. The van der Waals surface area contributed by atoms with Gasteiger partial charge in [-0.1, -0.05) is 0 Å². The second kappa shape index (κ2) is 13.8. The summed E-state index contributed by atoms with van der Waals surface area (Å²) in [5.74, 6) is -1.65. The van der Waals surface area contributed by atoms with Crippen molar-refractivity contribution in [2.45, 2.75) is 40.1 Å². The third-order valence-electron chi connectivity index (χ3n) is 2.16. The molecule has 0 heterocycles. The van der Waals surface area contributed by atoms with Gasteiger partial charge >= 0.3 is 8.69 Å². The van der Waals surface area contributed by atoms with Crippen molar-refractivity contribution >= 4 is 16.1 Å². The summed E-state index contributed by atoms with van der Waals surface area (Å²) in [6, 6.07) is 0. The number of aliphatic hydroxyl groups is 1. The SMILES string of the molecule is CCOC(O)(CCP(C)(=O)OCC)OCC.CCOP=O. The Hall–Kier alpha value is 0.130. The molecule has 0 spiro atoms. The summed E-state index contributed by atoms with van der Waals surface area (Å²) >= 11 is 0. The van der Waals surface area contributed by atoms with Crippen LogP contribution in [-0.4, -0.2) is 50.3 Å². The first-order valence-corrected chi connectivity index (χ1v) is 9.95. The summed E-state index contributed by atoms with van der Waals surface area (Å²) in [4.78, 5) is 0. The molecular formula is C12H28O7P2. The van der Waals surface area contributed by atoms with Gasteiger partial charge in [-0.25, -0.2) is 4.57 Å². The van der Waals surface area contributed by atoms with Gasteiger partial charge in [-0.3, -0.25) is 9.09 Å². The third-order valence-corrected chi connectivity index (χ3v) is 4.36. The van der Waals surface area contributed by atoms with Crippen molar-refractivity contribution in [3.63, 3.8) is 0 Å². The highest BCUT2D eigenvalue weighted by atomic mass is 31.2. The molecule has 0 saturated heterocycles. The summed E-state index contributed by atoms with van der Waals surface area (Å²) < 4.78 is 40.7. The maximum atomic E-state index is 11.8. The lowest BCUT2D eigenvalue weighted by Gasteiger charge is -2.28. The molecular weight excluding hydrogens is 318 g/mol. The van der Waals surface area contributed by atoms with Gasteiger partial charge in [0.25, 0.3) is 5.97 Å². The van der Waals surface area contributed by atoms with Gasteiger partial charge in [-0.2, -0.15) is 0 Å². The topological polar surface area (TPSA) is 91.3 Å². The van der Waals surface area contributed by atoms with Gasteiger partial charge < -0.3 is 19.1 Å². The summed E-state index contributed by atoms with van der Waals surface area (Å²) in [5, 5.41) is 9.92. The van der Waals surface area contributed by atoms with E-state index < -0.39 is 13.3 Å². The second-order valence-electron chi connectivity index (χ2n) is 3.98. The predicted molar refractivity (Wildman–Crippen MR) is 82.1 cm³/mol. The van der Waals surface area contributed by atoms with Crippen molar-refractivity contribution in [1.82, 2.24) is 0 Å². The molecule has 0 aliphatic rings. The van der Waals surface area contributed by atoms with Crippen molar-refractivity contribution in [1.29, 1.82) is 0 Å². The standard InChI is InChI=1S/C10H23O5P.C2H5O2P/c1-5-13-10(11,14-6-2)8-9-16(4,12)15-7-3;1-2-4-5-3/h11H,5-9H2,1-4H3;2H2,1H3. The van der Waals surface area contributed by atoms with Crippen LogP contribution in [0.3, 0.4) is 0 Å². The third kappa shape index (κ3) is 14.8. The molecule has 0 aliphatic heterocycles. The number of ether oxygens (including phenoxy) is 2. The Morgan fingerprint density at radius 3 is 1.86 bits per heavy atom. The minimum atomic E-state index is -2.66. The largest absolute Gasteiger partial charge is 0.343 e. The number of rotatable bonds is 11. The normalized spacial score (nSPS) is 14.4. The smallest absolute Gasteiger partial charge is 0.327 e. The van der Waals surface area contributed by atoms with E-state index in [2.05, 4.69) is 4.52 Å². The highest BCUT2D eigenvalue weighted by Crippen LogP contribution is 2.44. The first kappa shape index (κ1) is 23.4. The monoisotopic (exact) mass is 346 g/mol. The molecule has 0 bridgehead atoms. The Labute approximate surface area is 129 Å². The predicted octanol–water partition coefficient (Wildman–Crippen LogP) is 3.27. The van der Waals surface area contributed by atoms with E-state index in [-0.39, 0.29) is 21.3 Å². The fourth-order valence-corrected chi connectivity index (χ4v) is 2.84. The molecule has 0 rings (SSSR count). The molecule has 0 aliphatic carbocycles. The van der Waals surface area contributed by atoms with Crippen molar-refractivity contribution in [3.05, 3.63) is 0 Å². The zero-order valence-electron chi connectivity index (χ0n) is 13.5. The Morgan fingerprint density at radius 1 is 1.05 bits per heavy atom. The minimum Gasteiger partial charge on any atom is -0.343 e. The van der Waals surface area contributed by atoms with E-state index in [1.165, 1.54) is 0 Å². The van der Waals surface area contributed by atoms with Crippen LogP contribution in [0.2, 0.25) is 0 Å². The first-order valence-electron chi connectivity index (χ1n) is 6.96. The lowest BCUT2D eigenvalue weighted by Crippen LogP contribution is -2.37. The van der Waals surface area contributed by atoms with Gasteiger partial charge in [0.2, 0.25) is 0 Å². The number of hydrogen-bond donors (Lipinski definition) is 1. The van der Waals surface area contributed by atoms with Crippen molar-refractivity contribution in [2.75, 3.05) is 39.3 Å². The van der Waals surface area contributed by atoms with E-state index in [9.17, 15) is 14.2 Å². The van der Waals surface area contributed by atoms with E-state index in [0.717, 1.165) is 0 Å². The van der Waals surface area contributed by atoms with E-state index in [0.29, 0.717) is 26.4 Å². The maximum absolute atomic E-state index is 11.8. The van der Waals surface area contributed by atoms with Gasteiger partial charge in [0.1, 0.15) is 0 Å². The molecule has 1 unspecified atom stereocenters. The Kier molecular flexibility index (Phi) is 15.3. The fraction of sp³-hybridized carbons (Fsp3) is 1.00. The van der Waals surface area contributed by atoms with Crippen LogP contribution in [-0.2, 0) is 27.7 Å². The van der Waals surface area contributed by atoms with E-state index in [1.807, 2.05) is 0 Å². The zero-order chi connectivity index (χ0) is 16.8. The first-order chi connectivity index (χ1) is 9.80. The van der Waals surface area contributed by atoms with E-state index in [1.54, 1.807) is 34.4 Å². The molecule has 0 saturated carbocycles. The molecule has 128 valence electrons. The van der Waals surface area contributed by atoms with Crippen LogP contribution < -0.4 is 0 Å². The molecule has 21 heavy (non-hydrogen) atoms. The molecule has 1 N–H and O–H groups in total. The van der Waals surface area contributed by atoms with Crippen LogP contribution in [0.5, 0.6) is 0 Å². The fourth-order valence-electron chi connectivity index (χ4n) is 1.37. The lowest BCUT2D eigenvalue weighted by atomic mass is 10.4. The number of hydrogen-bond acceptors (Lipinski definition) is 7. The van der Waals surface area contributed by atoms with Gasteiger partial charge in [0.05, 0.1) is 13.2 Å². The van der Waals surface area contributed by atoms with Crippen LogP contribution in [0.4, 0.5) is 0 Å². The molecule has 0 aromatic rings. The zero-order valence-corrected chi connectivity index (χ0v) is 15.3. The van der Waals surface area contributed by atoms with Crippen molar-refractivity contribution in [3.8, 4) is 0 Å². The Balaban J connectivity index is 0. The molecule has 0 aromatic carbocycles. The lowest BCUT2D eigenvalue weighted by molar-refractivity contribution is -0.358. The molecule has 0 amide bonds. The van der Waals surface area contributed by atoms with Crippen LogP contribution in [0.1, 0.15) is 34.1 Å². The average Bonchev–Trinajstić information content (AvgIpc) is 2.39. The van der Waals surface area contributed by atoms with Gasteiger partial charge in [0, 0.05) is 32.5 Å². The molecule has 0 fully saturated rings. The van der Waals surface area contributed by atoms with Crippen LogP contribution in [0.15, 0.2) is 0 Å². The molecule has 0 aromatic heterocycles. The summed E-state index contributed by atoms with van der Waals surface area (Å²) in [6.07, 6.45) is 0.375. The van der Waals surface area contributed by atoms with E-state index in [4.69, 9.17) is 14.0 Å². The van der Waals surface area contributed by atoms with Crippen LogP contribution in [0, 0.1) is 0 Å². The quantitative estimate of drug-likeness (QED) is 0.453. The highest BCUT2D eigenvalue weighted by molar-refractivity contribution is 7.58. The van der Waals surface area contributed by atoms with Crippen molar-refractivity contribution in [2.24, 2.45) is 0 Å². The summed E-state index contributed by atoms with van der Waals surface area (Å²) in [7, 11) is -2.88. The molecule has 0 radical (unpaired) electrons. The van der Waals surface area contributed by atoms with Crippen LogP contribution in [0.25, 0.3) is 0 Å². The maximum Gasteiger partial charge on any atom is 0.327 e. The van der Waals surface area contributed by atoms with Crippen molar-refractivity contribution < 1.29 is 32.8 Å². The minimum absolute atomic E-state index is 0.141. The van der Waals surface area contributed by atoms with Gasteiger partial charge in [-0.05, 0) is 27.7 Å². The second-order valence-corrected chi connectivity index (χ2v) is 7.12. The van der Waals surface area contributed by atoms with Crippen LogP contribution >= 0.6 is 16.1 Å². The summed E-state index contributed by atoms with van der Waals surface area (Å²) in [5.41, 5.74) is 0. The molecule has 1 atom stereocenters. The Morgan fingerprint density at radius 2 is 1.57 bits per heavy atom.